The number of amidine groups is 1. The summed E-state index contributed by atoms with van der Waals surface area (Å²) in [5.41, 5.74) is 0.829. The maximum absolute atomic E-state index is 12.3. The minimum Gasteiger partial charge on any atom is -0.545 e. The molecule has 1 aliphatic heterocycles. The van der Waals surface area contributed by atoms with Gasteiger partial charge < -0.3 is 9.90 Å². The zero-order chi connectivity index (χ0) is 16.4. The minimum atomic E-state index is -1.23. The number of hydrogen-bond acceptors (Lipinski definition) is 7. The maximum atomic E-state index is 12.3. The third-order valence-corrected chi connectivity index (χ3v) is 4.78. The quantitative estimate of drug-likeness (QED) is 0.792. The van der Waals surface area contributed by atoms with E-state index in [-0.39, 0.29) is 11.5 Å². The second kappa shape index (κ2) is 6.35. The Morgan fingerprint density at radius 1 is 1.35 bits per heavy atom. The average molecular weight is 344 g/mol. The summed E-state index contributed by atoms with van der Waals surface area (Å²) < 4.78 is 0. The fourth-order valence-corrected chi connectivity index (χ4v) is 3.40. The standard InChI is InChI=1S/C15H11N3O3S2/c1-18-12(19)11(23-15(18)17-14-16-6-7-22-14)8-9-2-4-10(5-3-9)13(20)21/h2-8H,1H3,(H,20,21)/p-1/b11-8-,17-15?. The lowest BCUT2D eigenvalue weighted by molar-refractivity contribution is -0.255. The summed E-state index contributed by atoms with van der Waals surface area (Å²) >= 11 is 2.65. The van der Waals surface area contributed by atoms with Gasteiger partial charge in [0.25, 0.3) is 5.91 Å². The molecule has 0 radical (unpaired) electrons. The van der Waals surface area contributed by atoms with E-state index < -0.39 is 5.97 Å². The van der Waals surface area contributed by atoms with Crippen molar-refractivity contribution < 1.29 is 14.7 Å². The van der Waals surface area contributed by atoms with Crippen LogP contribution in [0, 0.1) is 0 Å². The number of carbonyl (C=O) groups excluding carboxylic acids is 2. The molecule has 0 aliphatic carbocycles. The summed E-state index contributed by atoms with van der Waals surface area (Å²) in [5, 5.41) is 13.7. The molecule has 1 saturated heterocycles. The van der Waals surface area contributed by atoms with Crippen LogP contribution < -0.4 is 5.11 Å². The maximum Gasteiger partial charge on any atom is 0.266 e. The number of benzene rings is 1. The SMILES string of the molecule is CN1C(=O)/C(=C/c2ccc(C(=O)[O-])cc2)SC1=Nc1nccs1. The van der Waals surface area contributed by atoms with Gasteiger partial charge in [0.1, 0.15) is 0 Å². The first kappa shape index (κ1) is 15.4. The second-order valence-corrected chi connectivity index (χ2v) is 6.48. The van der Waals surface area contributed by atoms with Crippen molar-refractivity contribution in [2.45, 2.75) is 0 Å². The van der Waals surface area contributed by atoms with Gasteiger partial charge in [-0.3, -0.25) is 9.69 Å². The summed E-state index contributed by atoms with van der Waals surface area (Å²) in [6.45, 7) is 0. The second-order valence-electron chi connectivity index (χ2n) is 4.59. The smallest absolute Gasteiger partial charge is 0.266 e. The van der Waals surface area contributed by atoms with E-state index in [1.807, 2.05) is 5.38 Å². The van der Waals surface area contributed by atoms with Gasteiger partial charge in [-0.1, -0.05) is 24.3 Å². The van der Waals surface area contributed by atoms with Gasteiger partial charge in [-0.25, -0.2) is 4.98 Å². The molecule has 3 rings (SSSR count). The molecule has 1 amide bonds. The molecule has 0 spiro atoms. The molecule has 8 heteroatoms. The van der Waals surface area contributed by atoms with Crippen LogP contribution in [0.15, 0.2) is 45.7 Å². The zero-order valence-electron chi connectivity index (χ0n) is 11.9. The number of carboxylic acids is 1. The Labute approximate surface area is 140 Å². The number of rotatable bonds is 3. The Morgan fingerprint density at radius 2 is 2.09 bits per heavy atom. The number of nitrogens with zero attached hydrogens (tertiary/aromatic N) is 3. The molecule has 0 unspecified atom stereocenters. The highest BCUT2D eigenvalue weighted by Crippen LogP contribution is 2.33. The summed E-state index contributed by atoms with van der Waals surface area (Å²) in [6, 6.07) is 6.14. The zero-order valence-corrected chi connectivity index (χ0v) is 13.6. The Hall–Kier alpha value is -2.45. The van der Waals surface area contributed by atoms with Crippen molar-refractivity contribution in [2.75, 3.05) is 7.05 Å². The lowest BCUT2D eigenvalue weighted by atomic mass is 10.1. The van der Waals surface area contributed by atoms with E-state index in [9.17, 15) is 14.7 Å². The number of hydrogen-bond donors (Lipinski definition) is 0. The van der Waals surface area contributed by atoms with Gasteiger partial charge in [-0.15, -0.1) is 11.3 Å². The van der Waals surface area contributed by atoms with E-state index in [4.69, 9.17) is 0 Å². The van der Waals surface area contributed by atoms with E-state index in [1.165, 1.54) is 40.1 Å². The van der Waals surface area contributed by atoms with Crippen LogP contribution in [0.25, 0.3) is 6.08 Å². The van der Waals surface area contributed by atoms with Gasteiger partial charge in [0.05, 0.1) is 10.9 Å². The number of likely N-dealkylation sites (N-methyl/N-ethyl adjacent to an activating group) is 1. The van der Waals surface area contributed by atoms with Crippen molar-refractivity contribution in [1.82, 2.24) is 9.88 Å². The number of amides is 1. The van der Waals surface area contributed by atoms with Gasteiger partial charge in [0, 0.05) is 18.6 Å². The molecule has 2 heterocycles. The number of aromatic carboxylic acids is 1. The van der Waals surface area contributed by atoms with Gasteiger partial charge in [-0.2, -0.15) is 4.99 Å². The molecule has 6 nitrogen and oxygen atoms in total. The topological polar surface area (TPSA) is 85.7 Å². The molecule has 1 fully saturated rings. The molecular formula is C15H10N3O3S2-. The molecule has 1 aromatic heterocycles. The van der Waals surface area contributed by atoms with Crippen LogP contribution in [0.5, 0.6) is 0 Å². The first-order valence-corrected chi connectivity index (χ1v) is 8.21. The largest absolute Gasteiger partial charge is 0.545 e. The van der Waals surface area contributed by atoms with Crippen LogP contribution in [0.2, 0.25) is 0 Å². The summed E-state index contributed by atoms with van der Waals surface area (Å²) in [4.78, 5) is 33.4. The van der Waals surface area contributed by atoms with Crippen molar-refractivity contribution in [3.05, 3.63) is 51.9 Å². The predicted octanol–water partition coefficient (Wildman–Crippen LogP) is 1.74. The Bertz CT molecular complexity index is 811. The molecule has 0 N–H and O–H groups in total. The monoisotopic (exact) mass is 344 g/mol. The molecule has 0 atom stereocenters. The molecule has 1 aromatic carbocycles. The number of carbonyl (C=O) groups is 2. The lowest BCUT2D eigenvalue weighted by Crippen LogP contribution is -2.23. The summed E-state index contributed by atoms with van der Waals surface area (Å²) in [6.07, 6.45) is 3.36. The van der Waals surface area contributed by atoms with E-state index in [0.29, 0.717) is 15.2 Å². The van der Waals surface area contributed by atoms with Crippen molar-refractivity contribution in [3.63, 3.8) is 0 Å². The van der Waals surface area contributed by atoms with E-state index >= 15 is 0 Å². The normalized spacial score (nSPS) is 18.1. The van der Waals surface area contributed by atoms with Crippen LogP contribution in [-0.4, -0.2) is 34.0 Å². The van der Waals surface area contributed by atoms with Crippen LogP contribution >= 0.6 is 23.1 Å². The van der Waals surface area contributed by atoms with Crippen LogP contribution in [-0.2, 0) is 4.79 Å². The number of aliphatic imine (C=N–C) groups is 1. The Kier molecular flexibility index (Phi) is 4.26. The molecular weight excluding hydrogens is 334 g/mol. The van der Waals surface area contributed by atoms with Crippen LogP contribution in [0.4, 0.5) is 5.13 Å². The molecule has 23 heavy (non-hydrogen) atoms. The Balaban J connectivity index is 1.85. The fraction of sp³-hybridized carbons (Fsp3) is 0.0667. The Morgan fingerprint density at radius 3 is 2.70 bits per heavy atom. The van der Waals surface area contributed by atoms with Gasteiger partial charge in [0.2, 0.25) is 5.13 Å². The van der Waals surface area contributed by atoms with Gasteiger partial charge in [0.15, 0.2) is 5.17 Å². The van der Waals surface area contributed by atoms with E-state index in [1.54, 1.807) is 31.5 Å². The first-order chi connectivity index (χ1) is 11.0. The van der Waals surface area contributed by atoms with Gasteiger partial charge in [-0.05, 0) is 29.0 Å². The van der Waals surface area contributed by atoms with Crippen molar-refractivity contribution in [1.29, 1.82) is 0 Å². The van der Waals surface area contributed by atoms with E-state index in [0.717, 1.165) is 5.56 Å². The van der Waals surface area contributed by atoms with Crippen molar-refractivity contribution >= 4 is 51.4 Å². The third-order valence-electron chi connectivity index (χ3n) is 3.06. The highest BCUT2D eigenvalue weighted by Gasteiger charge is 2.30. The molecule has 0 saturated carbocycles. The molecule has 116 valence electrons. The number of thiazole rings is 1. The fourth-order valence-electron chi connectivity index (χ4n) is 1.87. The lowest BCUT2D eigenvalue weighted by Gasteiger charge is -2.05. The number of carboxylic acid groups (broad SMARTS) is 1. The minimum absolute atomic E-state index is 0.0979. The summed E-state index contributed by atoms with van der Waals surface area (Å²) in [7, 11) is 1.65. The average Bonchev–Trinajstić information content (AvgIpc) is 3.13. The van der Waals surface area contributed by atoms with E-state index in [2.05, 4.69) is 9.98 Å². The summed E-state index contributed by atoms with van der Waals surface area (Å²) in [5.74, 6) is -1.39. The predicted molar refractivity (Wildman–Crippen MR) is 88.3 cm³/mol. The van der Waals surface area contributed by atoms with Crippen LogP contribution in [0.1, 0.15) is 15.9 Å². The molecule has 0 bridgehead atoms. The highest BCUT2D eigenvalue weighted by atomic mass is 32.2. The molecule has 1 aliphatic rings. The van der Waals surface area contributed by atoms with Crippen molar-refractivity contribution in [2.24, 2.45) is 4.99 Å². The first-order valence-electron chi connectivity index (χ1n) is 6.52. The number of thioether (sulfide) groups is 1. The molecule has 2 aromatic rings. The van der Waals surface area contributed by atoms with Crippen LogP contribution in [0.3, 0.4) is 0 Å². The van der Waals surface area contributed by atoms with Crippen molar-refractivity contribution in [3.8, 4) is 0 Å². The van der Waals surface area contributed by atoms with Gasteiger partial charge >= 0.3 is 0 Å². The number of aromatic nitrogens is 1. The third kappa shape index (κ3) is 3.33. The highest BCUT2D eigenvalue weighted by molar-refractivity contribution is 8.18.